The van der Waals surface area contributed by atoms with Gasteiger partial charge in [-0.15, -0.1) is 13.2 Å². The molecule has 3 heterocycles. The van der Waals surface area contributed by atoms with Crippen molar-refractivity contribution in [3.8, 4) is 34.1 Å². The molecule has 0 aliphatic rings. The molecule has 0 radical (unpaired) electrons. The average molecular weight is 478 g/mol. The lowest BCUT2D eigenvalue weighted by Crippen LogP contribution is -2.16. The Bertz CT molecular complexity index is 1470. The number of alkyl halides is 3. The highest BCUT2D eigenvalue weighted by Gasteiger charge is 2.31. The number of benzene rings is 2. The molecule has 0 saturated carbocycles. The van der Waals surface area contributed by atoms with Crippen LogP contribution in [-0.4, -0.2) is 38.6 Å². The van der Waals surface area contributed by atoms with Crippen LogP contribution in [0, 0.1) is 0 Å². The summed E-state index contributed by atoms with van der Waals surface area (Å²) in [6, 6.07) is 16.3. The maximum Gasteiger partial charge on any atom is 0.573 e. The number of hydrogen-bond acceptors (Lipinski definition) is 7. The first-order chi connectivity index (χ1) is 16.9. The molecule has 5 rings (SSSR count). The van der Waals surface area contributed by atoms with Crippen molar-refractivity contribution in [1.82, 2.24) is 25.1 Å². The number of nitrogens with zero attached hydrogens (tertiary/aromatic N) is 4. The van der Waals surface area contributed by atoms with Crippen molar-refractivity contribution in [2.45, 2.75) is 6.36 Å². The third kappa shape index (κ3) is 4.98. The largest absolute Gasteiger partial charge is 0.573 e. The summed E-state index contributed by atoms with van der Waals surface area (Å²) in [6.07, 6.45) is -1.40. The number of halogens is 3. The molecule has 0 bridgehead atoms. The molecule has 8 nitrogen and oxygen atoms in total. The fraction of sp³-hybridized carbons (Fsp3) is 0.0833. The van der Waals surface area contributed by atoms with Gasteiger partial charge in [-0.25, -0.2) is 9.97 Å². The van der Waals surface area contributed by atoms with Crippen molar-refractivity contribution in [3.63, 3.8) is 0 Å². The van der Waals surface area contributed by atoms with Gasteiger partial charge in [0.05, 0.1) is 18.3 Å². The highest BCUT2D eigenvalue weighted by molar-refractivity contribution is 5.93. The minimum absolute atomic E-state index is 0.302. The van der Waals surface area contributed by atoms with Crippen LogP contribution in [0.1, 0.15) is 0 Å². The molecule has 0 fully saturated rings. The second-order valence-electron chi connectivity index (χ2n) is 7.38. The molecule has 176 valence electrons. The summed E-state index contributed by atoms with van der Waals surface area (Å²) in [5, 5.41) is 11.1. The number of methoxy groups -OCH3 is 1. The second-order valence-corrected chi connectivity index (χ2v) is 7.38. The van der Waals surface area contributed by atoms with E-state index in [-0.39, 0.29) is 5.75 Å². The number of aromatic amines is 1. The van der Waals surface area contributed by atoms with Crippen LogP contribution in [-0.2, 0) is 0 Å². The number of pyridine rings is 1. The molecule has 0 atom stereocenters. The molecular weight excluding hydrogens is 461 g/mol. The van der Waals surface area contributed by atoms with E-state index in [0.29, 0.717) is 40.0 Å². The van der Waals surface area contributed by atoms with E-state index in [0.717, 1.165) is 10.9 Å². The SMILES string of the molecule is COc1ccc2nc(-c3cccnc3)nc(Nc3cc(-c4ccc(OC(F)(F)F)cc4)[nH]n3)c2c1. The molecule has 0 unspecified atom stereocenters. The summed E-state index contributed by atoms with van der Waals surface area (Å²) >= 11 is 0. The Morgan fingerprint density at radius 1 is 0.914 bits per heavy atom. The first kappa shape index (κ1) is 22.1. The normalized spacial score (nSPS) is 11.4. The third-order valence-corrected chi connectivity index (χ3v) is 5.05. The number of rotatable bonds is 6. The van der Waals surface area contributed by atoms with Gasteiger partial charge in [0.15, 0.2) is 11.6 Å². The van der Waals surface area contributed by atoms with Gasteiger partial charge in [-0.3, -0.25) is 10.1 Å². The van der Waals surface area contributed by atoms with E-state index in [1.807, 2.05) is 24.3 Å². The van der Waals surface area contributed by atoms with Gasteiger partial charge in [-0.05, 0) is 60.2 Å². The zero-order chi connectivity index (χ0) is 24.4. The van der Waals surface area contributed by atoms with E-state index in [1.165, 1.54) is 24.3 Å². The molecule has 3 aromatic heterocycles. The van der Waals surface area contributed by atoms with Crippen molar-refractivity contribution in [2.24, 2.45) is 0 Å². The van der Waals surface area contributed by atoms with Crippen molar-refractivity contribution in [1.29, 1.82) is 0 Å². The summed E-state index contributed by atoms with van der Waals surface area (Å²) in [5.41, 5.74) is 2.66. The number of H-pyrrole nitrogens is 1. The molecular formula is C24H17F3N6O2. The number of ether oxygens (including phenoxy) is 2. The average Bonchev–Trinajstić information content (AvgIpc) is 3.32. The van der Waals surface area contributed by atoms with Gasteiger partial charge in [0, 0.05) is 29.4 Å². The molecule has 0 aliphatic carbocycles. The van der Waals surface area contributed by atoms with Crippen LogP contribution in [0.4, 0.5) is 24.8 Å². The Labute approximate surface area is 196 Å². The fourth-order valence-corrected chi connectivity index (χ4v) is 3.45. The Balaban J connectivity index is 1.47. The van der Waals surface area contributed by atoms with Crippen LogP contribution in [0.2, 0.25) is 0 Å². The van der Waals surface area contributed by atoms with Crippen LogP contribution in [0.15, 0.2) is 73.1 Å². The lowest BCUT2D eigenvalue weighted by molar-refractivity contribution is -0.274. The van der Waals surface area contributed by atoms with E-state index in [1.54, 1.807) is 31.6 Å². The van der Waals surface area contributed by atoms with E-state index >= 15 is 0 Å². The van der Waals surface area contributed by atoms with Crippen molar-refractivity contribution in [2.75, 3.05) is 12.4 Å². The molecule has 2 N–H and O–H groups in total. The minimum Gasteiger partial charge on any atom is -0.497 e. The molecule has 11 heteroatoms. The molecule has 0 saturated heterocycles. The van der Waals surface area contributed by atoms with Crippen LogP contribution in [0.25, 0.3) is 33.5 Å². The van der Waals surface area contributed by atoms with Gasteiger partial charge in [0.1, 0.15) is 17.3 Å². The molecule has 5 aromatic rings. The summed E-state index contributed by atoms with van der Waals surface area (Å²) in [4.78, 5) is 13.5. The Morgan fingerprint density at radius 2 is 1.71 bits per heavy atom. The van der Waals surface area contributed by atoms with Gasteiger partial charge >= 0.3 is 6.36 Å². The van der Waals surface area contributed by atoms with Crippen molar-refractivity contribution in [3.05, 3.63) is 73.1 Å². The van der Waals surface area contributed by atoms with Gasteiger partial charge < -0.3 is 14.8 Å². The van der Waals surface area contributed by atoms with Gasteiger partial charge in [-0.2, -0.15) is 5.10 Å². The Kier molecular flexibility index (Phi) is 5.65. The van der Waals surface area contributed by atoms with Crippen LogP contribution >= 0.6 is 0 Å². The Hall–Kier alpha value is -4.67. The minimum atomic E-state index is -4.75. The third-order valence-electron chi connectivity index (χ3n) is 5.05. The summed E-state index contributed by atoms with van der Waals surface area (Å²) in [7, 11) is 1.57. The number of hydrogen-bond donors (Lipinski definition) is 2. The van der Waals surface area contributed by atoms with Gasteiger partial charge in [-0.1, -0.05) is 0 Å². The summed E-state index contributed by atoms with van der Waals surface area (Å²) < 4.78 is 46.5. The van der Waals surface area contributed by atoms with Crippen molar-refractivity contribution >= 4 is 22.5 Å². The number of aromatic nitrogens is 5. The molecule has 0 spiro atoms. The zero-order valence-corrected chi connectivity index (χ0v) is 18.2. The zero-order valence-electron chi connectivity index (χ0n) is 18.2. The maximum atomic E-state index is 12.4. The number of nitrogens with one attached hydrogen (secondary N) is 2. The number of anilines is 2. The highest BCUT2D eigenvalue weighted by Crippen LogP contribution is 2.31. The smallest absolute Gasteiger partial charge is 0.497 e. The van der Waals surface area contributed by atoms with E-state index in [2.05, 4.69) is 35.2 Å². The van der Waals surface area contributed by atoms with Crippen molar-refractivity contribution < 1.29 is 22.6 Å². The summed E-state index contributed by atoms with van der Waals surface area (Å²) in [6.45, 7) is 0. The predicted molar refractivity (Wildman–Crippen MR) is 123 cm³/mol. The fourth-order valence-electron chi connectivity index (χ4n) is 3.45. The van der Waals surface area contributed by atoms with Gasteiger partial charge in [0.25, 0.3) is 0 Å². The van der Waals surface area contributed by atoms with Crippen LogP contribution < -0.4 is 14.8 Å². The lowest BCUT2D eigenvalue weighted by Gasteiger charge is -2.10. The van der Waals surface area contributed by atoms with E-state index in [9.17, 15) is 13.2 Å². The molecule has 2 aromatic carbocycles. The quantitative estimate of drug-likeness (QED) is 0.322. The lowest BCUT2D eigenvalue weighted by atomic mass is 10.1. The Morgan fingerprint density at radius 3 is 2.43 bits per heavy atom. The number of fused-ring (bicyclic) bond motifs is 1. The monoisotopic (exact) mass is 478 g/mol. The van der Waals surface area contributed by atoms with E-state index in [4.69, 9.17) is 4.74 Å². The van der Waals surface area contributed by atoms with Gasteiger partial charge in [0.2, 0.25) is 0 Å². The van der Waals surface area contributed by atoms with Crippen LogP contribution in [0.3, 0.4) is 0 Å². The standard InChI is InChI=1S/C24H17F3N6O2/c1-34-17-8-9-19-18(11-17)23(31-22(29-19)15-3-2-10-28-13-15)30-21-12-20(32-33-21)14-4-6-16(7-5-14)35-24(25,26)27/h2-13H,1H3,(H2,29,30,31,32,33). The summed E-state index contributed by atoms with van der Waals surface area (Å²) in [5.74, 6) is 1.77. The first-order valence-corrected chi connectivity index (χ1v) is 10.3. The molecule has 0 amide bonds. The molecule has 35 heavy (non-hydrogen) atoms. The maximum absolute atomic E-state index is 12.4. The second kappa shape index (κ2) is 8.93. The van der Waals surface area contributed by atoms with Crippen LogP contribution in [0.5, 0.6) is 11.5 Å². The topological polar surface area (TPSA) is 97.8 Å². The highest BCUT2D eigenvalue weighted by atomic mass is 19.4. The predicted octanol–water partition coefficient (Wildman–Crippen LogP) is 5.73. The van der Waals surface area contributed by atoms with E-state index < -0.39 is 6.36 Å². The molecule has 0 aliphatic heterocycles. The first-order valence-electron chi connectivity index (χ1n) is 10.3.